The molecule has 6 nitrogen and oxygen atoms in total. The lowest BCUT2D eigenvalue weighted by atomic mass is 9.76. The standard InChI is InChI=1S/C23H19FN2O4/c1-11(2)18-16-17(22(30)26(21(16)29)13-9-7-12(24)8-10-13)23(25-18)19(27)14-5-3-4-6-15(14)20(23)28/h3-11,16-18,25H,1-2H3/p+1/t16-,17-,18+/m0/s1. The predicted octanol–water partition coefficient (Wildman–Crippen LogP) is 1.35. The lowest BCUT2D eigenvalue weighted by Crippen LogP contribution is -3.02. The fraction of sp³-hybridized carbons (Fsp3) is 0.304. The van der Waals surface area contributed by atoms with E-state index in [9.17, 15) is 23.6 Å². The first-order valence-electron chi connectivity index (χ1n) is 9.97. The molecule has 0 radical (unpaired) electrons. The zero-order chi connectivity index (χ0) is 21.4. The molecule has 2 aromatic rings. The number of Topliss-reactive ketones (excluding diaryl/α,β-unsaturated/α-hetero) is 2. The molecule has 0 unspecified atom stereocenters. The highest BCUT2D eigenvalue weighted by Gasteiger charge is 2.77. The van der Waals surface area contributed by atoms with Crippen LogP contribution in [0.25, 0.3) is 0 Å². The molecule has 1 spiro atoms. The number of nitrogens with zero attached hydrogens (tertiary/aromatic N) is 1. The van der Waals surface area contributed by atoms with Gasteiger partial charge in [0.05, 0.1) is 5.69 Å². The van der Waals surface area contributed by atoms with E-state index in [1.165, 1.54) is 24.3 Å². The fourth-order valence-corrected chi connectivity index (χ4v) is 5.38. The number of anilines is 1. The Morgan fingerprint density at radius 3 is 2.00 bits per heavy atom. The van der Waals surface area contributed by atoms with Crippen molar-refractivity contribution in [2.24, 2.45) is 17.8 Å². The van der Waals surface area contributed by atoms with E-state index in [1.54, 1.807) is 29.6 Å². The molecule has 2 N–H and O–H groups in total. The summed E-state index contributed by atoms with van der Waals surface area (Å²) in [6.45, 7) is 3.82. The SMILES string of the molecule is CC(C)[C@H]1[NH2+]C2(C(=O)c3ccccc3C2=O)[C@@H]2C(=O)N(c3ccc(F)cc3)C(=O)[C@H]12. The van der Waals surface area contributed by atoms with Gasteiger partial charge in [0.15, 0.2) is 0 Å². The van der Waals surface area contributed by atoms with Crippen molar-refractivity contribution in [2.75, 3.05) is 4.90 Å². The minimum absolute atomic E-state index is 0.0499. The smallest absolute Gasteiger partial charge is 0.245 e. The first-order chi connectivity index (χ1) is 14.3. The molecule has 5 rings (SSSR count). The number of nitrogens with two attached hydrogens (primary N) is 1. The molecule has 152 valence electrons. The van der Waals surface area contributed by atoms with Crippen LogP contribution in [0, 0.1) is 23.6 Å². The van der Waals surface area contributed by atoms with Gasteiger partial charge < -0.3 is 5.32 Å². The van der Waals surface area contributed by atoms with E-state index in [0.717, 1.165) is 4.90 Å². The number of imide groups is 1. The van der Waals surface area contributed by atoms with E-state index in [1.807, 2.05) is 13.8 Å². The van der Waals surface area contributed by atoms with Gasteiger partial charge in [0.2, 0.25) is 28.9 Å². The number of fused-ring (bicyclic) bond motifs is 3. The quantitative estimate of drug-likeness (QED) is 0.601. The number of halogens is 1. The van der Waals surface area contributed by atoms with Gasteiger partial charge in [0.25, 0.3) is 0 Å². The second kappa shape index (κ2) is 6.15. The number of carbonyl (C=O) groups is 4. The Hall–Kier alpha value is -3.19. The van der Waals surface area contributed by atoms with Crippen molar-refractivity contribution in [1.29, 1.82) is 0 Å². The first-order valence-corrected chi connectivity index (χ1v) is 9.97. The lowest BCUT2D eigenvalue weighted by molar-refractivity contribution is -0.715. The van der Waals surface area contributed by atoms with Gasteiger partial charge in [0, 0.05) is 17.0 Å². The third-order valence-electron chi connectivity index (χ3n) is 6.73. The van der Waals surface area contributed by atoms with Gasteiger partial charge >= 0.3 is 0 Å². The normalized spacial score (nSPS) is 26.8. The maximum absolute atomic E-state index is 13.5. The molecule has 3 aliphatic rings. The summed E-state index contributed by atoms with van der Waals surface area (Å²) in [6, 6.07) is 11.2. The van der Waals surface area contributed by atoms with Gasteiger partial charge in [-0.3, -0.25) is 19.2 Å². The summed E-state index contributed by atoms with van der Waals surface area (Å²) in [6.07, 6.45) is 0. The molecule has 2 fully saturated rings. The van der Waals surface area contributed by atoms with Gasteiger partial charge in [-0.1, -0.05) is 38.1 Å². The Morgan fingerprint density at radius 1 is 0.900 bits per heavy atom. The fourth-order valence-electron chi connectivity index (χ4n) is 5.38. The molecule has 2 amide bonds. The number of amides is 2. The topological polar surface area (TPSA) is 88.1 Å². The van der Waals surface area contributed by atoms with Crippen LogP contribution >= 0.6 is 0 Å². The molecule has 1 aliphatic carbocycles. The zero-order valence-electron chi connectivity index (χ0n) is 16.5. The average molecular weight is 407 g/mol. The van der Waals surface area contributed by atoms with E-state index in [-0.39, 0.29) is 11.6 Å². The number of quaternary nitrogens is 1. The number of ketones is 2. The van der Waals surface area contributed by atoms with Crippen LogP contribution in [0.15, 0.2) is 48.5 Å². The highest BCUT2D eigenvalue weighted by Crippen LogP contribution is 2.47. The Balaban J connectivity index is 1.67. The van der Waals surface area contributed by atoms with E-state index in [2.05, 4.69) is 0 Å². The van der Waals surface area contributed by atoms with Crippen LogP contribution in [0.1, 0.15) is 34.6 Å². The second-order valence-corrected chi connectivity index (χ2v) is 8.55. The molecule has 0 bridgehead atoms. The maximum Gasteiger partial charge on any atom is 0.245 e. The van der Waals surface area contributed by atoms with Crippen molar-refractivity contribution in [2.45, 2.75) is 25.4 Å². The minimum Gasteiger partial charge on any atom is -0.324 e. The van der Waals surface area contributed by atoms with Crippen LogP contribution in [0.2, 0.25) is 0 Å². The Kier molecular flexibility index (Phi) is 3.86. The molecule has 2 saturated heterocycles. The van der Waals surface area contributed by atoms with Crippen LogP contribution in [-0.2, 0) is 9.59 Å². The number of rotatable bonds is 2. The Morgan fingerprint density at radius 2 is 1.47 bits per heavy atom. The minimum atomic E-state index is -1.66. The van der Waals surface area contributed by atoms with Crippen molar-refractivity contribution in [3.63, 3.8) is 0 Å². The number of benzene rings is 2. The number of carbonyl (C=O) groups excluding carboxylic acids is 4. The summed E-state index contributed by atoms with van der Waals surface area (Å²) < 4.78 is 13.4. The summed E-state index contributed by atoms with van der Waals surface area (Å²) in [5.41, 5.74) is -0.830. The molecular formula is C23H20FN2O4+. The summed E-state index contributed by atoms with van der Waals surface area (Å²) >= 11 is 0. The zero-order valence-corrected chi connectivity index (χ0v) is 16.5. The average Bonchev–Trinajstić information content (AvgIpc) is 3.29. The molecule has 2 aromatic carbocycles. The van der Waals surface area contributed by atoms with E-state index in [4.69, 9.17) is 0 Å². The summed E-state index contributed by atoms with van der Waals surface area (Å²) in [7, 11) is 0. The van der Waals surface area contributed by atoms with Crippen molar-refractivity contribution < 1.29 is 28.9 Å². The van der Waals surface area contributed by atoms with Crippen LogP contribution in [-0.4, -0.2) is 35.0 Å². The third kappa shape index (κ3) is 2.15. The van der Waals surface area contributed by atoms with Crippen LogP contribution in [0.3, 0.4) is 0 Å². The predicted molar refractivity (Wildman–Crippen MR) is 104 cm³/mol. The highest BCUT2D eigenvalue weighted by molar-refractivity contribution is 6.36. The van der Waals surface area contributed by atoms with Crippen molar-refractivity contribution in [1.82, 2.24) is 0 Å². The molecule has 2 heterocycles. The van der Waals surface area contributed by atoms with Gasteiger partial charge in [-0.05, 0) is 24.3 Å². The number of hydrogen-bond acceptors (Lipinski definition) is 4. The highest BCUT2D eigenvalue weighted by atomic mass is 19.1. The van der Waals surface area contributed by atoms with Crippen LogP contribution < -0.4 is 10.2 Å². The monoisotopic (exact) mass is 407 g/mol. The van der Waals surface area contributed by atoms with Crippen LogP contribution in [0.4, 0.5) is 10.1 Å². The van der Waals surface area contributed by atoms with Gasteiger partial charge in [-0.15, -0.1) is 0 Å². The summed E-state index contributed by atoms with van der Waals surface area (Å²) in [4.78, 5) is 54.9. The third-order valence-corrected chi connectivity index (χ3v) is 6.73. The second-order valence-electron chi connectivity index (χ2n) is 8.55. The van der Waals surface area contributed by atoms with Crippen molar-refractivity contribution >= 4 is 29.1 Å². The van der Waals surface area contributed by atoms with Crippen molar-refractivity contribution in [3.8, 4) is 0 Å². The largest absolute Gasteiger partial charge is 0.324 e. The maximum atomic E-state index is 13.5. The first kappa shape index (κ1) is 18.8. The summed E-state index contributed by atoms with van der Waals surface area (Å²) in [5, 5.41) is 1.66. The molecule has 7 heteroatoms. The molecule has 0 aromatic heterocycles. The molecular weight excluding hydrogens is 387 g/mol. The van der Waals surface area contributed by atoms with Gasteiger partial charge in [-0.2, -0.15) is 0 Å². The van der Waals surface area contributed by atoms with Crippen molar-refractivity contribution in [3.05, 3.63) is 65.5 Å². The van der Waals surface area contributed by atoms with E-state index < -0.39 is 52.6 Å². The molecule has 3 atom stereocenters. The Bertz CT molecular complexity index is 1090. The summed E-state index contributed by atoms with van der Waals surface area (Å²) in [5.74, 6) is -4.28. The number of hydrogen-bond donors (Lipinski definition) is 1. The van der Waals surface area contributed by atoms with E-state index in [0.29, 0.717) is 11.1 Å². The van der Waals surface area contributed by atoms with E-state index >= 15 is 0 Å². The van der Waals surface area contributed by atoms with Crippen LogP contribution in [0.5, 0.6) is 0 Å². The lowest BCUT2D eigenvalue weighted by Gasteiger charge is -2.26. The van der Waals surface area contributed by atoms with Gasteiger partial charge in [0.1, 0.15) is 23.7 Å². The molecule has 2 aliphatic heterocycles. The molecule has 0 saturated carbocycles. The molecule has 30 heavy (non-hydrogen) atoms. The van der Waals surface area contributed by atoms with Gasteiger partial charge in [-0.25, -0.2) is 9.29 Å². The Labute approximate surface area is 172 Å².